The maximum absolute atomic E-state index is 12.0. The van der Waals surface area contributed by atoms with Crippen molar-refractivity contribution in [1.29, 1.82) is 0 Å². The number of carbonyl (C=O) groups excluding carboxylic acids is 1. The molecule has 1 aromatic rings. The highest BCUT2D eigenvalue weighted by Crippen LogP contribution is 2.21. The second-order valence-electron chi connectivity index (χ2n) is 5.12. The van der Waals surface area contributed by atoms with Crippen molar-refractivity contribution in [3.63, 3.8) is 0 Å². The number of hydrogen-bond donors (Lipinski definition) is 2. The number of pyridine rings is 1. The monoisotopic (exact) mass is 368 g/mol. The van der Waals surface area contributed by atoms with Gasteiger partial charge in [0.05, 0.1) is 10.9 Å². The summed E-state index contributed by atoms with van der Waals surface area (Å²) < 4.78 is 0. The van der Waals surface area contributed by atoms with Gasteiger partial charge in [-0.25, -0.2) is 0 Å². The summed E-state index contributed by atoms with van der Waals surface area (Å²) in [6, 6.07) is 1.93. The average molecular weight is 370 g/mol. The lowest BCUT2D eigenvalue weighted by Crippen LogP contribution is -2.43. The quantitative estimate of drug-likeness (QED) is 0.831. The molecule has 0 radical (unpaired) electrons. The smallest absolute Gasteiger partial charge is 0.224 e. The first-order chi connectivity index (χ1) is 9.70. The van der Waals surface area contributed by atoms with Gasteiger partial charge in [0.1, 0.15) is 0 Å². The van der Waals surface area contributed by atoms with E-state index in [-0.39, 0.29) is 36.6 Å². The highest BCUT2D eigenvalue weighted by Gasteiger charge is 2.25. The van der Waals surface area contributed by atoms with Gasteiger partial charge >= 0.3 is 0 Å². The highest BCUT2D eigenvalue weighted by molar-refractivity contribution is 6.31. The van der Waals surface area contributed by atoms with Crippen LogP contribution in [0.4, 0.5) is 0 Å². The fraction of sp³-hybridized carbons (Fsp3) is 0.571. The molecule has 126 valence electrons. The third-order valence-electron chi connectivity index (χ3n) is 3.57. The molecule has 0 aliphatic carbocycles. The number of aromatic nitrogens is 1. The molecule has 2 rings (SSSR count). The lowest BCUT2D eigenvalue weighted by atomic mass is 9.96. The van der Waals surface area contributed by atoms with Crippen molar-refractivity contribution in [2.75, 3.05) is 26.2 Å². The third kappa shape index (κ3) is 6.26. The van der Waals surface area contributed by atoms with E-state index in [0.29, 0.717) is 18.1 Å². The minimum Gasteiger partial charge on any atom is -0.355 e. The van der Waals surface area contributed by atoms with Gasteiger partial charge in [0, 0.05) is 38.6 Å². The van der Waals surface area contributed by atoms with E-state index < -0.39 is 0 Å². The molecule has 2 heterocycles. The van der Waals surface area contributed by atoms with Crippen LogP contribution in [0.5, 0.6) is 0 Å². The average Bonchev–Trinajstić information content (AvgIpc) is 2.47. The standard InChI is InChI=1S/C14H21ClN4O.2ClH/c15-13-8-17-5-3-11(13)9-19-7-1-2-12(10-19)14(20)18-6-4-16;;/h3,5,8,12H,1-2,4,6-7,9-10,16H2,(H,18,20);2*1H. The van der Waals surface area contributed by atoms with E-state index in [9.17, 15) is 4.79 Å². The summed E-state index contributed by atoms with van der Waals surface area (Å²) in [4.78, 5) is 18.3. The Morgan fingerprint density at radius 1 is 1.50 bits per heavy atom. The van der Waals surface area contributed by atoms with E-state index >= 15 is 0 Å². The van der Waals surface area contributed by atoms with Crippen molar-refractivity contribution in [1.82, 2.24) is 15.2 Å². The van der Waals surface area contributed by atoms with Crippen molar-refractivity contribution >= 4 is 42.3 Å². The van der Waals surface area contributed by atoms with Crippen LogP contribution in [-0.2, 0) is 11.3 Å². The Hall–Kier alpha value is -0.590. The maximum Gasteiger partial charge on any atom is 0.224 e. The van der Waals surface area contributed by atoms with E-state index in [1.807, 2.05) is 6.07 Å². The topological polar surface area (TPSA) is 71.2 Å². The van der Waals surface area contributed by atoms with Crippen LogP contribution in [0.1, 0.15) is 18.4 Å². The Bertz CT molecular complexity index is 461. The summed E-state index contributed by atoms with van der Waals surface area (Å²) in [6.45, 7) is 3.57. The van der Waals surface area contributed by atoms with Crippen molar-refractivity contribution < 1.29 is 4.79 Å². The van der Waals surface area contributed by atoms with Gasteiger partial charge in [-0.2, -0.15) is 0 Å². The van der Waals surface area contributed by atoms with Gasteiger partial charge in [0.15, 0.2) is 0 Å². The lowest BCUT2D eigenvalue weighted by molar-refractivity contribution is -0.126. The minimum absolute atomic E-state index is 0. The normalized spacial score (nSPS) is 18.0. The van der Waals surface area contributed by atoms with Crippen LogP contribution in [-0.4, -0.2) is 42.0 Å². The number of halogens is 3. The largest absolute Gasteiger partial charge is 0.355 e. The van der Waals surface area contributed by atoms with Crippen LogP contribution in [0, 0.1) is 5.92 Å². The molecule has 1 unspecified atom stereocenters. The first-order valence-corrected chi connectivity index (χ1v) is 7.37. The number of hydrogen-bond acceptors (Lipinski definition) is 4. The zero-order valence-electron chi connectivity index (χ0n) is 12.3. The van der Waals surface area contributed by atoms with Crippen LogP contribution in [0.15, 0.2) is 18.5 Å². The number of likely N-dealkylation sites (tertiary alicyclic amines) is 1. The maximum atomic E-state index is 12.0. The summed E-state index contributed by atoms with van der Waals surface area (Å²) in [5, 5.41) is 3.55. The molecule has 0 aromatic carbocycles. The van der Waals surface area contributed by atoms with Crippen molar-refractivity contribution in [3.8, 4) is 0 Å². The Morgan fingerprint density at radius 3 is 2.95 bits per heavy atom. The molecule has 3 N–H and O–H groups in total. The van der Waals surface area contributed by atoms with Crippen LogP contribution in [0.3, 0.4) is 0 Å². The van der Waals surface area contributed by atoms with Crippen molar-refractivity contribution in [2.24, 2.45) is 11.7 Å². The molecule has 1 saturated heterocycles. The molecule has 1 atom stereocenters. The molecule has 1 aliphatic rings. The summed E-state index contributed by atoms with van der Waals surface area (Å²) in [6.07, 6.45) is 5.38. The summed E-state index contributed by atoms with van der Waals surface area (Å²) in [5.41, 5.74) is 6.47. The van der Waals surface area contributed by atoms with E-state index in [1.54, 1.807) is 12.4 Å². The van der Waals surface area contributed by atoms with Gasteiger partial charge < -0.3 is 11.1 Å². The first-order valence-electron chi connectivity index (χ1n) is 6.99. The molecule has 1 aliphatic heterocycles. The van der Waals surface area contributed by atoms with Crippen molar-refractivity contribution in [3.05, 3.63) is 29.0 Å². The molecule has 0 bridgehead atoms. The Kier molecular flexibility index (Phi) is 10.7. The Labute approximate surface area is 148 Å². The van der Waals surface area contributed by atoms with Gasteiger partial charge in [0.25, 0.3) is 0 Å². The van der Waals surface area contributed by atoms with E-state index in [0.717, 1.165) is 38.0 Å². The molecule has 1 fully saturated rings. The molecule has 1 amide bonds. The SMILES string of the molecule is Cl.Cl.NCCNC(=O)C1CCCN(Cc2ccncc2Cl)C1. The Morgan fingerprint density at radius 2 is 2.27 bits per heavy atom. The van der Waals surface area contributed by atoms with Crippen LogP contribution in [0.2, 0.25) is 5.02 Å². The van der Waals surface area contributed by atoms with E-state index in [4.69, 9.17) is 17.3 Å². The second kappa shape index (κ2) is 11.0. The molecule has 0 spiro atoms. The summed E-state index contributed by atoms with van der Waals surface area (Å²) >= 11 is 6.13. The van der Waals surface area contributed by atoms with E-state index in [2.05, 4.69) is 15.2 Å². The predicted octanol–water partition coefficient (Wildman–Crippen LogP) is 1.87. The first kappa shape index (κ1) is 21.4. The van der Waals surface area contributed by atoms with E-state index in [1.165, 1.54) is 0 Å². The molecule has 0 saturated carbocycles. The molecule has 5 nitrogen and oxygen atoms in total. The predicted molar refractivity (Wildman–Crippen MR) is 93.8 cm³/mol. The second-order valence-corrected chi connectivity index (χ2v) is 5.53. The highest BCUT2D eigenvalue weighted by atomic mass is 35.5. The van der Waals surface area contributed by atoms with Crippen LogP contribution < -0.4 is 11.1 Å². The third-order valence-corrected chi connectivity index (χ3v) is 3.91. The number of nitrogens with zero attached hydrogens (tertiary/aromatic N) is 2. The number of nitrogens with two attached hydrogens (primary N) is 1. The fourth-order valence-electron chi connectivity index (χ4n) is 2.53. The van der Waals surface area contributed by atoms with Gasteiger partial charge in [-0.1, -0.05) is 11.6 Å². The number of nitrogens with one attached hydrogen (secondary N) is 1. The number of carbonyl (C=O) groups is 1. The van der Waals surface area contributed by atoms with Gasteiger partial charge in [0.2, 0.25) is 5.91 Å². The van der Waals surface area contributed by atoms with Gasteiger partial charge in [-0.05, 0) is 31.0 Å². The molecular formula is C14H23Cl3N4O. The van der Waals surface area contributed by atoms with Crippen LogP contribution >= 0.6 is 36.4 Å². The number of rotatable bonds is 5. The van der Waals surface area contributed by atoms with Gasteiger partial charge in [-0.3, -0.25) is 14.7 Å². The Balaban J connectivity index is 0.00000220. The zero-order chi connectivity index (χ0) is 14.4. The molecule has 22 heavy (non-hydrogen) atoms. The lowest BCUT2D eigenvalue weighted by Gasteiger charge is -2.32. The summed E-state index contributed by atoms with van der Waals surface area (Å²) in [7, 11) is 0. The minimum atomic E-state index is 0. The molecular weight excluding hydrogens is 347 g/mol. The van der Waals surface area contributed by atoms with Crippen LogP contribution in [0.25, 0.3) is 0 Å². The molecule has 8 heteroatoms. The van der Waals surface area contributed by atoms with Gasteiger partial charge in [-0.15, -0.1) is 24.8 Å². The summed E-state index contributed by atoms with van der Waals surface area (Å²) in [5.74, 6) is 0.164. The number of piperidine rings is 1. The number of amides is 1. The van der Waals surface area contributed by atoms with Crippen molar-refractivity contribution in [2.45, 2.75) is 19.4 Å². The molecule has 1 aromatic heterocycles. The fourth-order valence-corrected chi connectivity index (χ4v) is 2.71. The zero-order valence-corrected chi connectivity index (χ0v) is 14.7.